The van der Waals surface area contributed by atoms with Crippen LogP contribution in [0.4, 0.5) is 10.5 Å². The Balaban J connectivity index is 0.000000877. The third-order valence-corrected chi connectivity index (χ3v) is 4.55. The van der Waals surface area contributed by atoms with Crippen LogP contribution in [-0.4, -0.2) is 54.7 Å². The fraction of sp³-hybridized carbons (Fsp3) is 0.120. The summed E-state index contributed by atoms with van der Waals surface area (Å²) in [6, 6.07) is 19.6. The van der Waals surface area contributed by atoms with Crippen molar-refractivity contribution >= 4 is 39.6 Å². The number of carbonyl (C=O) groups is 3. The second-order valence-corrected chi connectivity index (χ2v) is 8.85. The van der Waals surface area contributed by atoms with Crippen molar-refractivity contribution in [1.29, 1.82) is 5.41 Å². The van der Waals surface area contributed by atoms with Crippen molar-refractivity contribution in [1.82, 2.24) is 5.32 Å². The summed E-state index contributed by atoms with van der Waals surface area (Å²) in [6.45, 7) is 1.86. The second kappa shape index (κ2) is 13.0. The average Bonchev–Trinajstić information content (AvgIpc) is 2.83. The molecule has 3 aromatic carbocycles. The molecule has 0 aromatic heterocycles. The van der Waals surface area contributed by atoms with E-state index in [2.05, 4.69) is 10.6 Å². The molecule has 0 atom stereocenters. The lowest BCUT2D eigenvalue weighted by Crippen LogP contribution is -2.31. The van der Waals surface area contributed by atoms with E-state index in [0.29, 0.717) is 34.2 Å². The van der Waals surface area contributed by atoms with Crippen LogP contribution in [0.5, 0.6) is 0 Å². The van der Waals surface area contributed by atoms with Crippen molar-refractivity contribution in [3.63, 3.8) is 0 Å². The lowest BCUT2D eigenvalue weighted by molar-refractivity contribution is 0.0697. The highest BCUT2D eigenvalue weighted by Gasteiger charge is 2.17. The molecule has 0 saturated carbocycles. The van der Waals surface area contributed by atoms with Gasteiger partial charge in [0.05, 0.1) is 18.4 Å². The first-order chi connectivity index (χ1) is 17.4. The first-order valence-electron chi connectivity index (χ1n) is 10.7. The van der Waals surface area contributed by atoms with Gasteiger partial charge in [0.25, 0.3) is 16.0 Å². The van der Waals surface area contributed by atoms with Crippen LogP contribution in [-0.2, 0) is 14.9 Å². The Morgan fingerprint density at radius 2 is 1.38 bits per heavy atom. The minimum absolute atomic E-state index is 0.102. The maximum Gasteiger partial charge on any atom is 0.412 e. The number of anilines is 1. The Kier molecular flexibility index (Phi) is 10.0. The number of benzene rings is 3. The largest absolute Gasteiger partial charge is 0.478 e. The molecule has 0 radical (unpaired) electrons. The van der Waals surface area contributed by atoms with Crippen LogP contribution in [0.3, 0.4) is 0 Å². The van der Waals surface area contributed by atoms with E-state index in [0.717, 1.165) is 0 Å². The van der Waals surface area contributed by atoms with Gasteiger partial charge in [-0.05, 0) is 54.4 Å². The predicted octanol–water partition coefficient (Wildman–Crippen LogP) is 3.88. The van der Waals surface area contributed by atoms with Gasteiger partial charge in [-0.15, -0.1) is 0 Å². The van der Waals surface area contributed by atoms with E-state index in [1.54, 1.807) is 73.7 Å². The molecule has 0 spiro atoms. The summed E-state index contributed by atoms with van der Waals surface area (Å²) in [5.41, 5.74) is 2.28. The van der Waals surface area contributed by atoms with Crippen molar-refractivity contribution in [2.24, 2.45) is 0 Å². The number of ether oxygens (including phenoxy) is 1. The number of carboxylic acid groups (broad SMARTS) is 1. The Labute approximate surface area is 213 Å². The highest BCUT2D eigenvalue weighted by Crippen LogP contribution is 2.28. The maximum absolute atomic E-state index is 13.0. The minimum Gasteiger partial charge on any atom is -0.478 e. The van der Waals surface area contributed by atoms with E-state index in [1.165, 1.54) is 6.07 Å². The van der Waals surface area contributed by atoms with Crippen LogP contribution in [0.15, 0.2) is 72.8 Å². The number of carbonyl (C=O) groups excluding carboxylic acids is 2. The average molecular weight is 528 g/mol. The Morgan fingerprint density at radius 3 is 1.89 bits per heavy atom. The lowest BCUT2D eigenvalue weighted by atomic mass is 9.95. The van der Waals surface area contributed by atoms with Gasteiger partial charge in [-0.3, -0.25) is 20.1 Å². The molecular formula is C25H25N3O8S. The molecule has 0 aliphatic heterocycles. The highest BCUT2D eigenvalue weighted by molar-refractivity contribution is 7.85. The van der Waals surface area contributed by atoms with Crippen LogP contribution < -0.4 is 10.6 Å². The van der Waals surface area contributed by atoms with Crippen LogP contribution >= 0.6 is 0 Å². The van der Waals surface area contributed by atoms with Crippen molar-refractivity contribution in [2.75, 3.05) is 18.2 Å². The molecule has 194 valence electrons. The summed E-state index contributed by atoms with van der Waals surface area (Å²) in [7, 11) is -3.67. The Morgan fingerprint density at radius 1 is 0.892 bits per heavy atom. The third-order valence-electron chi connectivity index (χ3n) is 4.55. The number of rotatable bonds is 6. The van der Waals surface area contributed by atoms with E-state index in [9.17, 15) is 27.9 Å². The van der Waals surface area contributed by atoms with Crippen molar-refractivity contribution in [2.45, 2.75) is 6.92 Å². The Bertz CT molecular complexity index is 1400. The molecule has 3 rings (SSSR count). The molecule has 0 fully saturated rings. The third kappa shape index (κ3) is 9.20. The number of amidine groups is 1. The number of hydrogen-bond acceptors (Lipinski definition) is 7. The van der Waals surface area contributed by atoms with Gasteiger partial charge >= 0.3 is 12.1 Å². The van der Waals surface area contributed by atoms with Gasteiger partial charge in [0.1, 0.15) is 5.84 Å². The van der Waals surface area contributed by atoms with Crippen molar-refractivity contribution < 1.29 is 37.2 Å². The molecule has 0 heterocycles. The van der Waals surface area contributed by atoms with E-state index >= 15 is 0 Å². The van der Waals surface area contributed by atoms with Crippen LogP contribution in [0.1, 0.15) is 33.2 Å². The van der Waals surface area contributed by atoms with Crippen LogP contribution in [0.2, 0.25) is 0 Å². The van der Waals surface area contributed by atoms with Crippen molar-refractivity contribution in [3.05, 3.63) is 89.5 Å². The highest BCUT2D eigenvalue weighted by atomic mass is 32.2. The molecule has 11 nitrogen and oxygen atoms in total. The zero-order chi connectivity index (χ0) is 27.6. The number of aromatic carboxylic acids is 1. The van der Waals surface area contributed by atoms with Gasteiger partial charge in [0, 0.05) is 16.8 Å². The molecule has 12 heteroatoms. The van der Waals surface area contributed by atoms with E-state index in [4.69, 9.17) is 14.7 Å². The Hall–Kier alpha value is -4.55. The maximum atomic E-state index is 13.0. The molecule has 0 saturated heterocycles. The quantitative estimate of drug-likeness (QED) is 0.182. The molecule has 3 aromatic rings. The van der Waals surface area contributed by atoms with E-state index in [-0.39, 0.29) is 18.0 Å². The summed E-state index contributed by atoms with van der Waals surface area (Å²) < 4.78 is 30.6. The van der Waals surface area contributed by atoms with Gasteiger partial charge in [-0.1, -0.05) is 36.4 Å². The van der Waals surface area contributed by atoms with Gasteiger partial charge in [-0.25, -0.2) is 9.59 Å². The molecule has 0 aliphatic rings. The summed E-state index contributed by atoms with van der Waals surface area (Å²) in [6.07, 6.45) is 0.000582. The molecule has 37 heavy (non-hydrogen) atoms. The molecule has 0 unspecified atom stereocenters. The molecule has 0 bridgehead atoms. The van der Waals surface area contributed by atoms with E-state index < -0.39 is 28.1 Å². The fourth-order valence-corrected chi connectivity index (χ4v) is 3.08. The summed E-state index contributed by atoms with van der Waals surface area (Å²) in [5, 5.41) is 22.5. The monoisotopic (exact) mass is 527 g/mol. The first-order valence-corrected chi connectivity index (χ1v) is 12.5. The van der Waals surface area contributed by atoms with Crippen molar-refractivity contribution in [3.8, 4) is 11.1 Å². The van der Waals surface area contributed by atoms with E-state index in [1.807, 2.05) is 0 Å². The molecule has 0 aliphatic carbocycles. The molecular weight excluding hydrogens is 502 g/mol. The number of hydrogen-bond donors (Lipinski definition) is 5. The zero-order valence-corrected chi connectivity index (χ0v) is 20.7. The summed E-state index contributed by atoms with van der Waals surface area (Å²) in [4.78, 5) is 36.0. The molecule has 2 amide bonds. The SMILES string of the molecule is CCOC(=O)NC(=N)c1ccc(NC(=O)c2ccccc2-c2ccccc2C(=O)O)cc1.CS(=O)(=O)O. The first kappa shape index (κ1) is 28.7. The fourth-order valence-electron chi connectivity index (χ4n) is 3.08. The summed E-state index contributed by atoms with van der Waals surface area (Å²) >= 11 is 0. The summed E-state index contributed by atoms with van der Waals surface area (Å²) in [5.74, 6) is -1.62. The topological polar surface area (TPSA) is 183 Å². The number of carboxylic acids is 1. The second-order valence-electron chi connectivity index (χ2n) is 7.38. The van der Waals surface area contributed by atoms with Gasteiger partial charge in [0.15, 0.2) is 0 Å². The number of amides is 2. The smallest absolute Gasteiger partial charge is 0.412 e. The lowest BCUT2D eigenvalue weighted by Gasteiger charge is -2.13. The number of alkyl carbamates (subject to hydrolysis) is 1. The normalized spacial score (nSPS) is 10.4. The van der Waals surface area contributed by atoms with Crippen LogP contribution in [0.25, 0.3) is 11.1 Å². The molecule has 5 N–H and O–H groups in total. The van der Waals surface area contributed by atoms with Crippen LogP contribution in [0, 0.1) is 5.41 Å². The zero-order valence-electron chi connectivity index (χ0n) is 19.9. The standard InChI is InChI=1S/C24H21N3O5.CH4O3S/c1-2-32-24(31)27-21(25)15-11-13-16(14-12-15)26-22(28)19-9-5-3-7-17(19)18-8-4-6-10-20(18)23(29)30;1-5(2,3)4/h3-14H,2H2,1H3,(H,26,28)(H,29,30)(H2,25,27,31);1H3,(H,2,3,4). The van der Waals surface area contributed by atoms with Gasteiger partial charge in [-0.2, -0.15) is 8.42 Å². The number of nitrogens with one attached hydrogen (secondary N) is 3. The predicted molar refractivity (Wildman–Crippen MR) is 138 cm³/mol. The van der Waals surface area contributed by atoms with Gasteiger partial charge in [0.2, 0.25) is 0 Å². The van der Waals surface area contributed by atoms with Gasteiger partial charge < -0.3 is 15.2 Å². The minimum atomic E-state index is -3.67.